The fourth-order valence-corrected chi connectivity index (χ4v) is 2.31. The molecule has 2 N–H and O–H groups in total. The third-order valence-corrected chi connectivity index (χ3v) is 3.56. The number of hydrogen-bond acceptors (Lipinski definition) is 2. The van der Waals surface area contributed by atoms with Crippen LogP contribution in [-0.2, 0) is 6.54 Å². The molecule has 2 rings (SSSR count). The summed E-state index contributed by atoms with van der Waals surface area (Å²) in [5.41, 5.74) is 8.04. The molecule has 1 aromatic carbocycles. The number of rotatable bonds is 6. The maximum absolute atomic E-state index is 5.76. The highest BCUT2D eigenvalue weighted by Gasteiger charge is 2.23. The molecule has 1 saturated carbocycles. The van der Waals surface area contributed by atoms with Gasteiger partial charge in [0.15, 0.2) is 0 Å². The molecule has 0 radical (unpaired) electrons. The number of nitrogens with two attached hydrogens (primary N) is 1. The molecule has 0 atom stereocenters. The van der Waals surface area contributed by atoms with Crippen molar-refractivity contribution in [2.45, 2.75) is 26.3 Å². The van der Waals surface area contributed by atoms with Gasteiger partial charge in [0.1, 0.15) is 4.99 Å². The highest BCUT2D eigenvalue weighted by molar-refractivity contribution is 7.80. The molecule has 3 heteroatoms. The molecule has 1 aliphatic rings. The molecular formula is C14H20N2S. The van der Waals surface area contributed by atoms with Crippen molar-refractivity contribution in [3.63, 3.8) is 0 Å². The van der Waals surface area contributed by atoms with E-state index >= 15 is 0 Å². The van der Waals surface area contributed by atoms with Crippen LogP contribution in [0.4, 0.5) is 0 Å². The summed E-state index contributed by atoms with van der Waals surface area (Å²) in [5.74, 6) is 0.923. The molecule has 0 aromatic heterocycles. The Morgan fingerprint density at radius 3 is 2.71 bits per heavy atom. The minimum atomic E-state index is 0.503. The van der Waals surface area contributed by atoms with E-state index in [9.17, 15) is 0 Å². The van der Waals surface area contributed by atoms with Gasteiger partial charge in [0, 0.05) is 18.7 Å². The molecule has 92 valence electrons. The lowest BCUT2D eigenvalue weighted by Crippen LogP contribution is -2.26. The van der Waals surface area contributed by atoms with Gasteiger partial charge in [0.2, 0.25) is 0 Å². The van der Waals surface area contributed by atoms with Gasteiger partial charge in [-0.25, -0.2) is 0 Å². The summed E-state index contributed by atoms with van der Waals surface area (Å²) in [6.45, 7) is 5.47. The van der Waals surface area contributed by atoms with Crippen molar-refractivity contribution in [2.75, 3.05) is 13.1 Å². The van der Waals surface area contributed by atoms with Crippen molar-refractivity contribution in [1.82, 2.24) is 4.90 Å². The molecule has 0 amide bonds. The summed E-state index contributed by atoms with van der Waals surface area (Å²) in [5, 5.41) is 0. The minimum absolute atomic E-state index is 0.503. The summed E-state index contributed by atoms with van der Waals surface area (Å²) in [6, 6.07) is 8.20. The summed E-state index contributed by atoms with van der Waals surface area (Å²) in [4.78, 5) is 2.98. The molecule has 0 unspecified atom stereocenters. The van der Waals surface area contributed by atoms with Crippen LogP contribution in [0.25, 0.3) is 0 Å². The maximum atomic E-state index is 5.76. The number of hydrogen-bond donors (Lipinski definition) is 1. The Morgan fingerprint density at radius 1 is 1.41 bits per heavy atom. The average Bonchev–Trinajstić information content (AvgIpc) is 3.12. The van der Waals surface area contributed by atoms with Crippen LogP contribution in [-0.4, -0.2) is 23.0 Å². The molecule has 0 spiro atoms. The Bertz CT molecular complexity index is 399. The van der Waals surface area contributed by atoms with Gasteiger partial charge in [0.05, 0.1) is 0 Å². The average molecular weight is 248 g/mol. The van der Waals surface area contributed by atoms with E-state index in [2.05, 4.69) is 24.0 Å². The molecule has 0 aliphatic heterocycles. The number of thiocarbonyl (C=S) groups is 1. The second kappa shape index (κ2) is 5.61. The zero-order chi connectivity index (χ0) is 12.3. The molecule has 2 nitrogen and oxygen atoms in total. The lowest BCUT2D eigenvalue weighted by atomic mass is 10.1. The predicted molar refractivity (Wildman–Crippen MR) is 76.0 cm³/mol. The highest BCUT2D eigenvalue weighted by Crippen LogP contribution is 2.30. The van der Waals surface area contributed by atoms with Crippen molar-refractivity contribution < 1.29 is 0 Å². The third kappa shape index (κ3) is 3.51. The largest absolute Gasteiger partial charge is 0.389 e. The molecular weight excluding hydrogens is 228 g/mol. The van der Waals surface area contributed by atoms with E-state index in [1.807, 2.05) is 12.1 Å². The lowest BCUT2D eigenvalue weighted by Gasteiger charge is -2.21. The fourth-order valence-electron chi connectivity index (χ4n) is 2.11. The summed E-state index contributed by atoms with van der Waals surface area (Å²) in [6.07, 6.45) is 2.79. The molecule has 0 heterocycles. The first-order valence-electron chi connectivity index (χ1n) is 6.30. The van der Waals surface area contributed by atoms with Crippen LogP contribution in [0.15, 0.2) is 24.3 Å². The fraction of sp³-hybridized carbons (Fsp3) is 0.500. The SMILES string of the molecule is CCN(Cc1ccccc1C(N)=S)CC1CC1. The monoisotopic (exact) mass is 248 g/mol. The molecule has 0 saturated heterocycles. The first-order chi connectivity index (χ1) is 8.20. The van der Waals surface area contributed by atoms with Crippen LogP contribution in [0, 0.1) is 5.92 Å². The standard InChI is InChI=1S/C14H20N2S/c1-2-16(9-11-7-8-11)10-12-5-3-4-6-13(12)14(15)17/h3-6,11H,2,7-10H2,1H3,(H2,15,17). The minimum Gasteiger partial charge on any atom is -0.389 e. The van der Waals surface area contributed by atoms with E-state index in [1.54, 1.807) is 0 Å². The van der Waals surface area contributed by atoms with Gasteiger partial charge >= 0.3 is 0 Å². The Morgan fingerprint density at radius 2 is 2.12 bits per heavy atom. The van der Waals surface area contributed by atoms with Crippen LogP contribution in [0.1, 0.15) is 30.9 Å². The third-order valence-electron chi connectivity index (χ3n) is 3.34. The van der Waals surface area contributed by atoms with Gasteiger partial charge in [-0.05, 0) is 30.9 Å². The topological polar surface area (TPSA) is 29.3 Å². The molecule has 0 bridgehead atoms. The van der Waals surface area contributed by atoms with E-state index in [0.717, 1.165) is 24.6 Å². The Kier molecular flexibility index (Phi) is 4.13. The van der Waals surface area contributed by atoms with E-state index in [-0.39, 0.29) is 0 Å². The van der Waals surface area contributed by atoms with Crippen molar-refractivity contribution in [1.29, 1.82) is 0 Å². The lowest BCUT2D eigenvalue weighted by molar-refractivity contribution is 0.268. The second-order valence-electron chi connectivity index (χ2n) is 4.79. The normalized spacial score (nSPS) is 15.2. The Balaban J connectivity index is 2.07. The van der Waals surface area contributed by atoms with Gasteiger partial charge in [-0.3, -0.25) is 4.90 Å². The zero-order valence-electron chi connectivity index (χ0n) is 10.4. The quantitative estimate of drug-likeness (QED) is 0.785. The Hall–Kier alpha value is -0.930. The van der Waals surface area contributed by atoms with Gasteiger partial charge in [-0.1, -0.05) is 43.4 Å². The van der Waals surface area contributed by atoms with Gasteiger partial charge in [-0.2, -0.15) is 0 Å². The molecule has 17 heavy (non-hydrogen) atoms. The number of nitrogens with zero attached hydrogens (tertiary/aromatic N) is 1. The van der Waals surface area contributed by atoms with Crippen LogP contribution in [0.2, 0.25) is 0 Å². The first kappa shape index (κ1) is 12.5. The second-order valence-corrected chi connectivity index (χ2v) is 5.23. The van der Waals surface area contributed by atoms with Gasteiger partial charge in [-0.15, -0.1) is 0 Å². The Labute approximate surface area is 109 Å². The smallest absolute Gasteiger partial charge is 0.104 e. The summed E-state index contributed by atoms with van der Waals surface area (Å²) < 4.78 is 0. The van der Waals surface area contributed by atoms with Gasteiger partial charge in [0.25, 0.3) is 0 Å². The van der Waals surface area contributed by atoms with E-state index in [4.69, 9.17) is 18.0 Å². The van der Waals surface area contributed by atoms with Gasteiger partial charge < -0.3 is 5.73 Å². The van der Waals surface area contributed by atoms with E-state index in [1.165, 1.54) is 24.9 Å². The highest BCUT2D eigenvalue weighted by atomic mass is 32.1. The van der Waals surface area contributed by atoms with Crippen LogP contribution < -0.4 is 5.73 Å². The molecule has 1 fully saturated rings. The van der Waals surface area contributed by atoms with E-state index in [0.29, 0.717) is 4.99 Å². The summed E-state index contributed by atoms with van der Waals surface area (Å²) in [7, 11) is 0. The maximum Gasteiger partial charge on any atom is 0.104 e. The van der Waals surface area contributed by atoms with Crippen molar-refractivity contribution in [3.8, 4) is 0 Å². The predicted octanol–water partition coefficient (Wildman–Crippen LogP) is 2.55. The summed E-state index contributed by atoms with van der Waals surface area (Å²) >= 11 is 5.10. The molecule has 1 aromatic rings. The number of benzene rings is 1. The van der Waals surface area contributed by atoms with Crippen molar-refractivity contribution in [3.05, 3.63) is 35.4 Å². The van der Waals surface area contributed by atoms with Crippen LogP contribution in [0.3, 0.4) is 0 Å². The van der Waals surface area contributed by atoms with E-state index < -0.39 is 0 Å². The van der Waals surface area contributed by atoms with Crippen LogP contribution in [0.5, 0.6) is 0 Å². The zero-order valence-corrected chi connectivity index (χ0v) is 11.2. The van der Waals surface area contributed by atoms with Crippen molar-refractivity contribution in [2.24, 2.45) is 11.7 Å². The van der Waals surface area contributed by atoms with Crippen molar-refractivity contribution >= 4 is 17.2 Å². The van der Waals surface area contributed by atoms with Crippen LogP contribution >= 0.6 is 12.2 Å². The molecule has 1 aliphatic carbocycles. The first-order valence-corrected chi connectivity index (χ1v) is 6.71.